The van der Waals surface area contributed by atoms with Crippen LogP contribution in [-0.4, -0.2) is 55.5 Å². The van der Waals surface area contributed by atoms with Gasteiger partial charge < -0.3 is 14.9 Å². The fourth-order valence-electron chi connectivity index (χ4n) is 2.26. The molecule has 112 valence electrons. The number of alkyl halides is 1. The number of rotatable bonds is 4. The fraction of sp³-hybridized carbons (Fsp3) is 0.667. The maximum Gasteiger partial charge on any atom is 0.349 e. The van der Waals surface area contributed by atoms with E-state index in [4.69, 9.17) is 16.3 Å². The third kappa shape index (κ3) is 2.60. The predicted octanol–water partition coefficient (Wildman–Crippen LogP) is 0.143. The Bertz CT molecular complexity index is 540. The highest BCUT2D eigenvalue weighted by Gasteiger charge is 2.54. The second-order valence-electron chi connectivity index (χ2n) is 4.81. The van der Waals surface area contributed by atoms with E-state index in [0.717, 1.165) is 0 Å². The van der Waals surface area contributed by atoms with Crippen molar-refractivity contribution in [2.45, 2.75) is 30.2 Å². The highest BCUT2D eigenvalue weighted by Crippen LogP contribution is 2.40. The molecule has 1 aliphatic rings. The Kier molecular flexibility index (Phi) is 4.76. The number of hydrogen-bond donors (Lipinski definition) is 2. The third-order valence-corrected chi connectivity index (χ3v) is 4.60. The fourth-order valence-corrected chi connectivity index (χ4v) is 3.48. The zero-order chi connectivity index (χ0) is 14.9. The Labute approximate surface area is 125 Å². The highest BCUT2D eigenvalue weighted by atomic mass is 35.5. The summed E-state index contributed by atoms with van der Waals surface area (Å²) in [5.74, 6) is 0.373. The van der Waals surface area contributed by atoms with Gasteiger partial charge in [-0.1, -0.05) is 0 Å². The lowest BCUT2D eigenvalue weighted by Crippen LogP contribution is -2.47. The average Bonchev–Trinajstić information content (AvgIpc) is 2.65. The van der Waals surface area contributed by atoms with Crippen molar-refractivity contribution in [1.82, 2.24) is 9.55 Å². The van der Waals surface area contributed by atoms with Crippen LogP contribution in [0.1, 0.15) is 11.9 Å². The molecular formula is C12H17ClN2O4S. The van der Waals surface area contributed by atoms with Gasteiger partial charge in [0, 0.05) is 17.6 Å². The molecule has 0 spiro atoms. The van der Waals surface area contributed by atoms with Crippen LogP contribution in [0.3, 0.4) is 0 Å². The molecule has 1 aromatic rings. The van der Waals surface area contributed by atoms with Crippen molar-refractivity contribution in [3.05, 3.63) is 28.4 Å². The molecule has 0 radical (unpaired) electrons. The van der Waals surface area contributed by atoms with Crippen molar-refractivity contribution in [3.63, 3.8) is 0 Å². The van der Waals surface area contributed by atoms with E-state index in [9.17, 15) is 15.0 Å². The number of thioether (sulfide) groups is 1. The highest BCUT2D eigenvalue weighted by molar-refractivity contribution is 7.98. The molecule has 2 heterocycles. The Hall–Kier alpha value is -0.600. The van der Waals surface area contributed by atoms with Crippen LogP contribution in [-0.2, 0) is 4.74 Å². The summed E-state index contributed by atoms with van der Waals surface area (Å²) in [6, 6.07) is 1.66. The average molecular weight is 321 g/mol. The van der Waals surface area contributed by atoms with E-state index in [-0.39, 0.29) is 6.61 Å². The molecule has 0 bridgehead atoms. The van der Waals surface area contributed by atoms with Gasteiger partial charge in [0.25, 0.3) is 0 Å². The first-order valence-corrected chi connectivity index (χ1v) is 7.94. The van der Waals surface area contributed by atoms with Crippen LogP contribution < -0.4 is 5.69 Å². The third-order valence-electron chi connectivity index (χ3n) is 3.37. The molecular weight excluding hydrogens is 304 g/mol. The summed E-state index contributed by atoms with van der Waals surface area (Å²) in [5.41, 5.74) is -1.07. The number of halogens is 1. The minimum Gasteiger partial charge on any atom is -0.393 e. The van der Waals surface area contributed by atoms with Crippen LogP contribution in [0.4, 0.5) is 0 Å². The van der Waals surface area contributed by atoms with Gasteiger partial charge >= 0.3 is 5.69 Å². The summed E-state index contributed by atoms with van der Waals surface area (Å²) in [4.78, 5) is 15.7. The standard InChI is InChI=1S/C12H17ClN2O4S/c1-7-3-4-15(11(18)14-7)10-8(13)9(17)12(5-16,19-10)6-20-2/h3-4,8-10,16-17H,5-6H2,1-2H3/t8-,9+,10-,12+/m1/s1. The molecule has 0 unspecified atom stereocenters. The van der Waals surface area contributed by atoms with Crippen molar-refractivity contribution in [1.29, 1.82) is 0 Å². The van der Waals surface area contributed by atoms with Gasteiger partial charge in [0.05, 0.1) is 6.61 Å². The lowest BCUT2D eigenvalue weighted by Gasteiger charge is -2.29. The van der Waals surface area contributed by atoms with Crippen LogP contribution in [0.15, 0.2) is 17.1 Å². The lowest BCUT2D eigenvalue weighted by molar-refractivity contribution is -0.113. The molecule has 1 fully saturated rings. The number of aliphatic hydroxyl groups excluding tert-OH is 2. The van der Waals surface area contributed by atoms with E-state index < -0.39 is 29.0 Å². The van der Waals surface area contributed by atoms with Crippen molar-refractivity contribution in [2.75, 3.05) is 18.6 Å². The summed E-state index contributed by atoms with van der Waals surface area (Å²) in [6.07, 6.45) is 1.44. The first-order valence-electron chi connectivity index (χ1n) is 6.11. The van der Waals surface area contributed by atoms with Crippen LogP contribution in [0.5, 0.6) is 0 Å². The van der Waals surface area contributed by atoms with Crippen molar-refractivity contribution >= 4 is 23.4 Å². The Morgan fingerprint density at radius 3 is 2.90 bits per heavy atom. The Morgan fingerprint density at radius 2 is 2.35 bits per heavy atom. The molecule has 0 aliphatic carbocycles. The number of aromatic nitrogens is 2. The normalized spacial score (nSPS) is 33.5. The molecule has 0 aromatic carbocycles. The number of nitrogens with zero attached hydrogens (tertiary/aromatic N) is 2. The molecule has 1 aromatic heterocycles. The smallest absolute Gasteiger partial charge is 0.349 e. The predicted molar refractivity (Wildman–Crippen MR) is 77.2 cm³/mol. The molecule has 6 nitrogen and oxygen atoms in total. The van der Waals surface area contributed by atoms with Gasteiger partial charge in [0.15, 0.2) is 6.23 Å². The van der Waals surface area contributed by atoms with Gasteiger partial charge in [-0.15, -0.1) is 11.6 Å². The van der Waals surface area contributed by atoms with E-state index in [2.05, 4.69) is 4.98 Å². The van der Waals surface area contributed by atoms with Gasteiger partial charge in [-0.2, -0.15) is 16.7 Å². The first kappa shape index (κ1) is 15.8. The number of ether oxygens (including phenoxy) is 1. The van der Waals surface area contributed by atoms with Gasteiger partial charge in [0.1, 0.15) is 17.1 Å². The van der Waals surface area contributed by atoms with Gasteiger partial charge in [-0.25, -0.2) is 4.79 Å². The minimum atomic E-state index is -1.17. The van der Waals surface area contributed by atoms with E-state index >= 15 is 0 Å². The lowest BCUT2D eigenvalue weighted by atomic mass is 10.00. The molecule has 0 amide bonds. The van der Waals surface area contributed by atoms with Crippen LogP contribution in [0.2, 0.25) is 0 Å². The largest absolute Gasteiger partial charge is 0.393 e. The Morgan fingerprint density at radius 1 is 1.65 bits per heavy atom. The molecule has 0 saturated carbocycles. The summed E-state index contributed by atoms with van der Waals surface area (Å²) >= 11 is 7.62. The van der Waals surface area contributed by atoms with Crippen LogP contribution >= 0.6 is 23.4 Å². The summed E-state index contributed by atoms with van der Waals surface area (Å²) in [7, 11) is 0. The van der Waals surface area contributed by atoms with Crippen molar-refractivity contribution in [2.24, 2.45) is 0 Å². The zero-order valence-electron chi connectivity index (χ0n) is 11.2. The quantitative estimate of drug-likeness (QED) is 0.768. The molecule has 8 heteroatoms. The van der Waals surface area contributed by atoms with Crippen molar-refractivity contribution < 1.29 is 14.9 Å². The summed E-state index contributed by atoms with van der Waals surface area (Å²) in [5, 5.41) is 19.0. The van der Waals surface area contributed by atoms with E-state index in [1.807, 2.05) is 6.26 Å². The minimum absolute atomic E-state index is 0.372. The molecule has 4 atom stereocenters. The number of aryl methyl sites for hydroxylation is 1. The van der Waals surface area contributed by atoms with Crippen molar-refractivity contribution in [3.8, 4) is 0 Å². The second kappa shape index (κ2) is 6.03. The van der Waals surface area contributed by atoms with Gasteiger partial charge in [0.2, 0.25) is 0 Å². The van der Waals surface area contributed by atoms with E-state index in [1.165, 1.54) is 22.5 Å². The van der Waals surface area contributed by atoms with Crippen LogP contribution in [0.25, 0.3) is 0 Å². The van der Waals surface area contributed by atoms with E-state index in [0.29, 0.717) is 11.4 Å². The SMILES string of the molecule is CSC[C@]1(CO)O[C@@H](n2ccc(C)nc2=O)[C@H](Cl)[C@@H]1O. The second-order valence-corrected chi connectivity index (χ2v) is 6.18. The number of aliphatic hydroxyl groups is 2. The first-order chi connectivity index (χ1) is 9.45. The summed E-state index contributed by atoms with van der Waals surface area (Å²) in [6.45, 7) is 1.34. The maximum atomic E-state index is 11.9. The molecule has 2 rings (SSSR count). The van der Waals surface area contributed by atoms with Gasteiger partial charge in [-0.05, 0) is 19.2 Å². The van der Waals surface area contributed by atoms with E-state index in [1.54, 1.807) is 13.0 Å². The maximum absolute atomic E-state index is 11.9. The van der Waals surface area contributed by atoms with Crippen LogP contribution in [0, 0.1) is 6.92 Å². The molecule has 20 heavy (non-hydrogen) atoms. The molecule has 1 saturated heterocycles. The molecule has 1 aliphatic heterocycles. The number of hydrogen-bond acceptors (Lipinski definition) is 6. The topological polar surface area (TPSA) is 84.6 Å². The van der Waals surface area contributed by atoms with Gasteiger partial charge in [-0.3, -0.25) is 4.57 Å². The molecule has 2 N–H and O–H groups in total. The summed E-state index contributed by atoms with van der Waals surface area (Å²) < 4.78 is 6.98. The Balaban J connectivity index is 2.37. The zero-order valence-corrected chi connectivity index (χ0v) is 12.8. The monoisotopic (exact) mass is 320 g/mol.